The Balaban J connectivity index is 1.34. The zero-order valence-corrected chi connectivity index (χ0v) is 36.7. The number of nitrogens with zero attached hydrogens (tertiary/aromatic N) is 4. The molecule has 2 saturated heterocycles. The van der Waals surface area contributed by atoms with E-state index in [2.05, 4.69) is 84.9 Å². The number of amides is 1. The van der Waals surface area contributed by atoms with Crippen LogP contribution in [0.1, 0.15) is 59.5 Å². The lowest BCUT2D eigenvalue weighted by Crippen LogP contribution is -2.60. The second-order valence-corrected chi connectivity index (χ2v) is 19.1. The number of halogens is 3. The first-order valence-electron chi connectivity index (χ1n) is 21.0. The summed E-state index contributed by atoms with van der Waals surface area (Å²) < 4.78 is 62.7. The number of pyridine rings is 1. The van der Waals surface area contributed by atoms with E-state index in [9.17, 15) is 13.2 Å². The van der Waals surface area contributed by atoms with Crippen molar-refractivity contribution in [2.45, 2.75) is 57.5 Å². The number of hydrogen-bond acceptors (Lipinski definition) is 7. The number of carbonyl (C=O) groups excluding carboxylic acids is 1. The van der Waals surface area contributed by atoms with E-state index >= 15 is 4.79 Å². The van der Waals surface area contributed by atoms with Crippen molar-refractivity contribution in [3.05, 3.63) is 149 Å². The van der Waals surface area contributed by atoms with Crippen molar-refractivity contribution in [1.82, 2.24) is 19.7 Å². The molecule has 1 aromatic heterocycles. The molecule has 0 N–H and O–H groups in total. The van der Waals surface area contributed by atoms with Gasteiger partial charge in [0, 0.05) is 70.9 Å². The van der Waals surface area contributed by atoms with Crippen LogP contribution in [-0.4, -0.2) is 113 Å². The van der Waals surface area contributed by atoms with Crippen molar-refractivity contribution in [3.8, 4) is 11.1 Å². The number of methoxy groups -OCH3 is 1. The van der Waals surface area contributed by atoms with Gasteiger partial charge in [-0.3, -0.25) is 19.6 Å². The summed E-state index contributed by atoms with van der Waals surface area (Å²) in [6.07, 6.45) is -2.23. The highest BCUT2D eigenvalue weighted by atomic mass is 28.3. The molecule has 3 atom stereocenters. The topological polar surface area (TPSA) is 67.4 Å². The third kappa shape index (κ3) is 11.0. The highest BCUT2D eigenvalue weighted by Crippen LogP contribution is 2.37. The Morgan fingerprint density at radius 1 is 0.820 bits per heavy atom. The molecule has 321 valence electrons. The van der Waals surface area contributed by atoms with E-state index in [1.165, 1.54) is 12.4 Å². The number of aromatic nitrogens is 1. The number of benzene rings is 4. The fraction of sp³-hybridized carbons (Fsp3) is 0.388. The second kappa shape index (κ2) is 19.6. The molecular weight excluding hydrogens is 794 g/mol. The average Bonchev–Trinajstić information content (AvgIpc) is 3.26. The number of alkyl halides is 3. The lowest BCUT2D eigenvalue weighted by atomic mass is 9.82. The predicted molar refractivity (Wildman–Crippen MR) is 236 cm³/mol. The Kier molecular flexibility index (Phi) is 14.2. The monoisotopic (exact) mass is 849 g/mol. The van der Waals surface area contributed by atoms with Gasteiger partial charge in [-0.2, -0.15) is 13.2 Å². The van der Waals surface area contributed by atoms with Gasteiger partial charge in [-0.15, -0.1) is 0 Å². The van der Waals surface area contributed by atoms with Crippen LogP contribution in [0.5, 0.6) is 0 Å². The zero-order valence-electron chi connectivity index (χ0n) is 35.7. The zero-order chi connectivity index (χ0) is 43.1. The van der Waals surface area contributed by atoms with Gasteiger partial charge in [0.2, 0.25) is 0 Å². The molecule has 0 bridgehead atoms. The molecule has 5 aromatic rings. The SMILES string of the molecule is COC[C@@H]1CN(CCN2CCN(C(=O)c3cc(-c4ccncc4)cc(C(F)(F)F)c3)[C@@H](C(O[Si](c3ccccc3)c3ccccc3)c3ccc(C)c(C(C)(C)C)c3)C2)CCO1. The Bertz CT molecular complexity index is 2170. The summed E-state index contributed by atoms with van der Waals surface area (Å²) in [7, 11) is -0.252. The molecule has 8 nitrogen and oxygen atoms in total. The first-order valence-corrected chi connectivity index (χ1v) is 22.4. The van der Waals surface area contributed by atoms with Crippen LogP contribution in [0.15, 0.2) is 122 Å². The van der Waals surface area contributed by atoms with Crippen LogP contribution in [0.3, 0.4) is 0 Å². The van der Waals surface area contributed by atoms with E-state index < -0.39 is 38.8 Å². The summed E-state index contributed by atoms with van der Waals surface area (Å²) in [5.41, 5.74) is 2.99. The molecule has 4 aromatic carbocycles. The molecule has 12 heteroatoms. The van der Waals surface area contributed by atoms with Crippen LogP contribution in [0, 0.1) is 6.92 Å². The molecule has 0 spiro atoms. The van der Waals surface area contributed by atoms with Crippen LogP contribution in [0.2, 0.25) is 0 Å². The molecule has 7 rings (SSSR count). The van der Waals surface area contributed by atoms with Crippen molar-refractivity contribution in [3.63, 3.8) is 0 Å². The minimum Gasteiger partial charge on any atom is -0.398 e. The number of carbonyl (C=O) groups is 1. The number of aryl methyl sites for hydroxylation is 1. The third-order valence-electron chi connectivity index (χ3n) is 11.7. The Labute approximate surface area is 360 Å². The summed E-state index contributed by atoms with van der Waals surface area (Å²) in [5, 5.41) is 2.10. The Morgan fingerprint density at radius 2 is 1.48 bits per heavy atom. The van der Waals surface area contributed by atoms with E-state index in [1.807, 2.05) is 36.4 Å². The maximum absolute atomic E-state index is 15.2. The fourth-order valence-corrected chi connectivity index (χ4v) is 10.7. The molecular formula is C49H56F3N4O4Si. The summed E-state index contributed by atoms with van der Waals surface area (Å²) in [6.45, 7) is 14.2. The van der Waals surface area contributed by atoms with Gasteiger partial charge in [-0.05, 0) is 80.9 Å². The fourth-order valence-electron chi connectivity index (χ4n) is 8.53. The second-order valence-electron chi connectivity index (χ2n) is 17.1. The predicted octanol–water partition coefficient (Wildman–Crippen LogP) is 7.41. The van der Waals surface area contributed by atoms with Crippen LogP contribution < -0.4 is 10.4 Å². The van der Waals surface area contributed by atoms with Crippen molar-refractivity contribution in [2.75, 3.05) is 66.1 Å². The third-order valence-corrected chi connectivity index (χ3v) is 13.9. The van der Waals surface area contributed by atoms with Gasteiger partial charge in [0.05, 0.1) is 37.0 Å². The van der Waals surface area contributed by atoms with Gasteiger partial charge in [-0.25, -0.2) is 0 Å². The van der Waals surface area contributed by atoms with Crippen LogP contribution in [0.25, 0.3) is 11.1 Å². The quantitative estimate of drug-likeness (QED) is 0.115. The van der Waals surface area contributed by atoms with E-state index in [1.54, 1.807) is 30.2 Å². The number of piperazine rings is 1. The minimum absolute atomic E-state index is 0.00154. The maximum atomic E-state index is 15.2. The van der Waals surface area contributed by atoms with E-state index in [0.29, 0.717) is 44.0 Å². The van der Waals surface area contributed by atoms with Crippen molar-refractivity contribution < 1.29 is 31.9 Å². The number of hydrogen-bond donors (Lipinski definition) is 0. The number of rotatable bonds is 13. The molecule has 1 amide bonds. The maximum Gasteiger partial charge on any atom is 0.416 e. The number of ether oxygens (including phenoxy) is 2. The molecule has 1 radical (unpaired) electrons. The average molecular weight is 850 g/mol. The lowest BCUT2D eigenvalue weighted by Gasteiger charge is -2.46. The summed E-state index contributed by atoms with van der Waals surface area (Å²) in [6, 6.07) is 33.3. The summed E-state index contributed by atoms with van der Waals surface area (Å²) >= 11 is 0. The number of morpholine rings is 1. The van der Waals surface area contributed by atoms with Crippen molar-refractivity contribution in [1.29, 1.82) is 0 Å². The van der Waals surface area contributed by atoms with Crippen molar-refractivity contribution in [2.24, 2.45) is 0 Å². The van der Waals surface area contributed by atoms with Gasteiger partial charge in [0.15, 0.2) is 0 Å². The highest BCUT2D eigenvalue weighted by molar-refractivity contribution is 6.80. The Hall–Kier alpha value is -4.69. The largest absolute Gasteiger partial charge is 0.416 e. The summed E-state index contributed by atoms with van der Waals surface area (Å²) in [4.78, 5) is 25.8. The van der Waals surface area contributed by atoms with E-state index in [-0.39, 0.29) is 17.1 Å². The first kappa shape index (κ1) is 44.4. The molecule has 3 heterocycles. The normalized spacial score (nSPS) is 18.7. The summed E-state index contributed by atoms with van der Waals surface area (Å²) in [5.74, 6) is -0.466. The van der Waals surface area contributed by atoms with Gasteiger partial charge in [0.25, 0.3) is 14.9 Å². The minimum atomic E-state index is -4.67. The smallest absolute Gasteiger partial charge is 0.398 e. The molecule has 0 saturated carbocycles. The van der Waals surface area contributed by atoms with Gasteiger partial charge >= 0.3 is 6.18 Å². The molecule has 0 aliphatic carbocycles. The standard InChI is InChI=1S/C49H56F3N4O4Si/c1-35-16-17-37(31-44(35)48(2,3)4)46(60-61(42-12-8-6-9-13-42)43-14-10-7-11-15-43)45-33-54(22-23-55-26-27-59-41(32-55)34-58-5)24-25-56(45)47(57)39-28-38(36-18-20-53-21-19-36)29-40(30-39)49(50,51)52/h6-21,28-31,41,45-46H,22-27,32-34H2,1-5H3/t41-,45+,46?/m0/s1. The van der Waals surface area contributed by atoms with Crippen LogP contribution >= 0.6 is 0 Å². The van der Waals surface area contributed by atoms with Gasteiger partial charge in [-0.1, -0.05) is 99.6 Å². The van der Waals surface area contributed by atoms with E-state index in [0.717, 1.165) is 65.4 Å². The molecule has 2 aliphatic heterocycles. The highest BCUT2D eigenvalue weighted by Gasteiger charge is 2.41. The van der Waals surface area contributed by atoms with Crippen LogP contribution in [-0.2, 0) is 25.5 Å². The molecule has 1 unspecified atom stereocenters. The molecule has 61 heavy (non-hydrogen) atoms. The van der Waals surface area contributed by atoms with Crippen LogP contribution in [0.4, 0.5) is 13.2 Å². The molecule has 2 fully saturated rings. The van der Waals surface area contributed by atoms with Gasteiger partial charge in [0.1, 0.15) is 0 Å². The lowest BCUT2D eigenvalue weighted by molar-refractivity contribution is -0.137. The molecule has 2 aliphatic rings. The van der Waals surface area contributed by atoms with Gasteiger partial charge < -0.3 is 18.8 Å². The first-order chi connectivity index (χ1) is 29.3. The van der Waals surface area contributed by atoms with E-state index in [4.69, 9.17) is 13.9 Å². The van der Waals surface area contributed by atoms with Crippen molar-refractivity contribution >= 4 is 25.3 Å². The Morgan fingerprint density at radius 3 is 2.10 bits per heavy atom.